The summed E-state index contributed by atoms with van der Waals surface area (Å²) in [5.74, 6) is -0.437. The highest BCUT2D eigenvalue weighted by Gasteiger charge is 2.09. The molecule has 1 amide bonds. The number of hydrogen-bond acceptors (Lipinski definition) is 2. The fourth-order valence-corrected chi connectivity index (χ4v) is 2.44. The summed E-state index contributed by atoms with van der Waals surface area (Å²) in [7, 11) is 0. The molecule has 0 radical (unpaired) electrons. The van der Waals surface area contributed by atoms with Crippen LogP contribution in [0.5, 0.6) is 0 Å². The van der Waals surface area contributed by atoms with E-state index in [1.165, 1.54) is 0 Å². The van der Waals surface area contributed by atoms with Gasteiger partial charge in [-0.05, 0) is 41.4 Å². The lowest BCUT2D eigenvalue weighted by molar-refractivity contribution is 0.1000. The molecule has 100 valence electrons. The predicted molar refractivity (Wildman–Crippen MR) is 78.8 cm³/mol. The number of nitrogens with zero attached hydrogens (tertiary/aromatic N) is 2. The van der Waals surface area contributed by atoms with Gasteiger partial charge in [0.25, 0.3) is 0 Å². The Hall–Kier alpha value is -2.33. The lowest BCUT2D eigenvalue weighted by Gasteiger charge is -2.07. The largest absolute Gasteiger partial charge is 0.366 e. The van der Waals surface area contributed by atoms with Gasteiger partial charge in [-0.3, -0.25) is 4.79 Å². The zero-order chi connectivity index (χ0) is 14.1. The molecular formula is C15H12ClN3O. The first-order valence-corrected chi connectivity index (χ1v) is 6.52. The van der Waals surface area contributed by atoms with Gasteiger partial charge in [-0.25, -0.2) is 4.98 Å². The SMILES string of the molecule is NC(=O)c1cccc(Cn2c(Cl)nc3ccccc32)c1. The molecule has 0 unspecified atom stereocenters. The number of hydrogen-bond donors (Lipinski definition) is 1. The van der Waals surface area contributed by atoms with Gasteiger partial charge >= 0.3 is 0 Å². The van der Waals surface area contributed by atoms with Gasteiger partial charge in [0.15, 0.2) is 0 Å². The van der Waals surface area contributed by atoms with Crippen LogP contribution in [-0.2, 0) is 6.54 Å². The number of fused-ring (bicyclic) bond motifs is 1. The van der Waals surface area contributed by atoms with E-state index in [1.807, 2.05) is 41.0 Å². The average molecular weight is 286 g/mol. The number of rotatable bonds is 3. The lowest BCUT2D eigenvalue weighted by Crippen LogP contribution is -2.11. The summed E-state index contributed by atoms with van der Waals surface area (Å²) in [5, 5.41) is 0.427. The molecule has 0 aliphatic heterocycles. The molecule has 0 saturated heterocycles. The van der Waals surface area contributed by atoms with Crippen molar-refractivity contribution in [3.8, 4) is 0 Å². The van der Waals surface area contributed by atoms with Crippen LogP contribution in [0, 0.1) is 0 Å². The van der Waals surface area contributed by atoms with Crippen LogP contribution in [0.4, 0.5) is 0 Å². The van der Waals surface area contributed by atoms with E-state index in [0.29, 0.717) is 17.4 Å². The molecule has 5 heteroatoms. The Morgan fingerprint density at radius 3 is 2.80 bits per heavy atom. The van der Waals surface area contributed by atoms with E-state index in [1.54, 1.807) is 12.1 Å². The predicted octanol–water partition coefficient (Wildman–Crippen LogP) is 2.84. The number of nitrogens with two attached hydrogens (primary N) is 1. The van der Waals surface area contributed by atoms with Gasteiger partial charge in [0.1, 0.15) is 0 Å². The second-order valence-electron chi connectivity index (χ2n) is 4.52. The Morgan fingerprint density at radius 2 is 2.00 bits per heavy atom. The highest BCUT2D eigenvalue weighted by molar-refractivity contribution is 6.29. The number of carbonyl (C=O) groups is 1. The van der Waals surface area contributed by atoms with Gasteiger partial charge in [0.2, 0.25) is 11.2 Å². The standard InChI is InChI=1S/C15H12ClN3O/c16-15-18-12-6-1-2-7-13(12)19(15)9-10-4-3-5-11(8-10)14(17)20/h1-8H,9H2,(H2,17,20). The summed E-state index contributed by atoms with van der Waals surface area (Å²) in [6, 6.07) is 14.9. The lowest BCUT2D eigenvalue weighted by atomic mass is 10.1. The van der Waals surface area contributed by atoms with Crippen LogP contribution in [0.15, 0.2) is 48.5 Å². The minimum absolute atomic E-state index is 0.427. The van der Waals surface area contributed by atoms with E-state index in [2.05, 4.69) is 4.98 Å². The van der Waals surface area contributed by atoms with Crippen LogP contribution < -0.4 is 5.73 Å². The number of carbonyl (C=O) groups excluding carboxylic acids is 1. The van der Waals surface area contributed by atoms with Crippen LogP contribution >= 0.6 is 11.6 Å². The first-order chi connectivity index (χ1) is 9.65. The maximum Gasteiger partial charge on any atom is 0.248 e. The average Bonchev–Trinajstić information content (AvgIpc) is 2.76. The van der Waals surface area contributed by atoms with E-state index in [9.17, 15) is 4.79 Å². The van der Waals surface area contributed by atoms with Crippen LogP contribution in [0.25, 0.3) is 11.0 Å². The summed E-state index contributed by atoms with van der Waals surface area (Å²) in [4.78, 5) is 15.5. The molecule has 0 fully saturated rings. The van der Waals surface area contributed by atoms with Crippen molar-refractivity contribution in [2.45, 2.75) is 6.54 Å². The summed E-state index contributed by atoms with van der Waals surface area (Å²) < 4.78 is 1.90. The molecular weight excluding hydrogens is 274 g/mol. The van der Waals surface area contributed by atoms with Crippen molar-refractivity contribution >= 4 is 28.5 Å². The van der Waals surface area contributed by atoms with Crippen molar-refractivity contribution in [1.82, 2.24) is 9.55 Å². The van der Waals surface area contributed by atoms with E-state index in [0.717, 1.165) is 16.6 Å². The van der Waals surface area contributed by atoms with Crippen molar-refractivity contribution in [2.75, 3.05) is 0 Å². The van der Waals surface area contributed by atoms with E-state index in [-0.39, 0.29) is 0 Å². The van der Waals surface area contributed by atoms with Gasteiger partial charge in [-0.1, -0.05) is 24.3 Å². The summed E-state index contributed by atoms with van der Waals surface area (Å²) in [6.45, 7) is 0.542. The van der Waals surface area contributed by atoms with Crippen LogP contribution in [0.3, 0.4) is 0 Å². The third-order valence-corrected chi connectivity index (χ3v) is 3.45. The number of primary amides is 1. The van der Waals surface area contributed by atoms with E-state index >= 15 is 0 Å². The number of aromatic nitrogens is 2. The molecule has 1 heterocycles. The zero-order valence-electron chi connectivity index (χ0n) is 10.6. The normalized spacial score (nSPS) is 10.8. The van der Waals surface area contributed by atoms with Crippen molar-refractivity contribution in [3.05, 3.63) is 64.9 Å². The van der Waals surface area contributed by atoms with Crippen LogP contribution in [-0.4, -0.2) is 15.5 Å². The molecule has 0 aliphatic carbocycles. The third kappa shape index (κ3) is 2.26. The fourth-order valence-electron chi connectivity index (χ4n) is 2.20. The Labute approximate surface area is 120 Å². The number of halogens is 1. The maximum atomic E-state index is 11.2. The molecule has 0 saturated carbocycles. The Morgan fingerprint density at radius 1 is 1.20 bits per heavy atom. The van der Waals surface area contributed by atoms with Crippen molar-refractivity contribution in [2.24, 2.45) is 5.73 Å². The van der Waals surface area contributed by atoms with Crippen LogP contribution in [0.1, 0.15) is 15.9 Å². The second-order valence-corrected chi connectivity index (χ2v) is 4.86. The highest BCUT2D eigenvalue weighted by atomic mass is 35.5. The number of imidazole rings is 1. The first kappa shape index (κ1) is 12.7. The number of benzene rings is 2. The maximum absolute atomic E-state index is 11.2. The van der Waals surface area contributed by atoms with Crippen molar-refractivity contribution < 1.29 is 4.79 Å². The Balaban J connectivity index is 2.03. The molecule has 2 N–H and O–H groups in total. The Kier molecular flexibility index (Phi) is 3.16. The smallest absolute Gasteiger partial charge is 0.248 e. The summed E-state index contributed by atoms with van der Waals surface area (Å²) >= 11 is 6.18. The number of amides is 1. The molecule has 0 spiro atoms. The molecule has 20 heavy (non-hydrogen) atoms. The minimum atomic E-state index is -0.437. The molecule has 4 nitrogen and oxygen atoms in total. The fraction of sp³-hybridized carbons (Fsp3) is 0.0667. The Bertz CT molecular complexity index is 795. The quantitative estimate of drug-likeness (QED) is 0.804. The van der Waals surface area contributed by atoms with Gasteiger partial charge < -0.3 is 10.3 Å². The molecule has 0 aliphatic rings. The van der Waals surface area contributed by atoms with Gasteiger partial charge in [0.05, 0.1) is 17.6 Å². The topological polar surface area (TPSA) is 60.9 Å². The van der Waals surface area contributed by atoms with Crippen molar-refractivity contribution in [3.63, 3.8) is 0 Å². The van der Waals surface area contributed by atoms with E-state index in [4.69, 9.17) is 17.3 Å². The summed E-state index contributed by atoms with van der Waals surface area (Å²) in [5.41, 5.74) is 8.54. The molecule has 2 aromatic carbocycles. The van der Waals surface area contributed by atoms with Gasteiger partial charge in [-0.15, -0.1) is 0 Å². The number of para-hydroxylation sites is 2. The highest BCUT2D eigenvalue weighted by Crippen LogP contribution is 2.21. The first-order valence-electron chi connectivity index (χ1n) is 6.14. The molecule has 0 atom stereocenters. The van der Waals surface area contributed by atoms with E-state index < -0.39 is 5.91 Å². The van der Waals surface area contributed by atoms with Gasteiger partial charge in [0, 0.05) is 5.56 Å². The minimum Gasteiger partial charge on any atom is -0.366 e. The molecule has 3 rings (SSSR count). The monoisotopic (exact) mass is 285 g/mol. The molecule has 1 aromatic heterocycles. The van der Waals surface area contributed by atoms with Gasteiger partial charge in [-0.2, -0.15) is 0 Å². The van der Waals surface area contributed by atoms with Crippen molar-refractivity contribution in [1.29, 1.82) is 0 Å². The molecule has 0 bridgehead atoms. The molecule has 3 aromatic rings. The zero-order valence-corrected chi connectivity index (χ0v) is 11.3. The second kappa shape index (κ2) is 4.98. The summed E-state index contributed by atoms with van der Waals surface area (Å²) in [6.07, 6.45) is 0. The van der Waals surface area contributed by atoms with Crippen LogP contribution in [0.2, 0.25) is 5.28 Å². The third-order valence-electron chi connectivity index (χ3n) is 3.16.